The van der Waals surface area contributed by atoms with Gasteiger partial charge in [-0.15, -0.1) is 0 Å². The number of halogens is 1. The predicted molar refractivity (Wildman–Crippen MR) is 134 cm³/mol. The fraction of sp³-hybridized carbons (Fsp3) is 0.379. The van der Waals surface area contributed by atoms with Crippen molar-refractivity contribution in [3.63, 3.8) is 0 Å². The summed E-state index contributed by atoms with van der Waals surface area (Å²) >= 11 is 0. The number of rotatable bonds is 7. The fourth-order valence-electron chi connectivity index (χ4n) is 5.31. The van der Waals surface area contributed by atoms with E-state index in [2.05, 4.69) is 53.5 Å². The second kappa shape index (κ2) is 10.1. The normalized spacial score (nSPS) is 20.6. The minimum atomic E-state index is -0.208. The van der Waals surface area contributed by atoms with Gasteiger partial charge in [0.2, 0.25) is 0 Å². The Kier molecular flexibility index (Phi) is 6.73. The van der Waals surface area contributed by atoms with E-state index in [4.69, 9.17) is 9.47 Å². The van der Waals surface area contributed by atoms with E-state index >= 15 is 0 Å². The molecule has 178 valence electrons. The van der Waals surface area contributed by atoms with Crippen LogP contribution in [0.5, 0.6) is 11.5 Å². The molecule has 2 aliphatic heterocycles. The van der Waals surface area contributed by atoms with Crippen LogP contribution in [0.2, 0.25) is 0 Å². The van der Waals surface area contributed by atoms with E-state index in [9.17, 15) is 4.39 Å². The van der Waals surface area contributed by atoms with Gasteiger partial charge in [0.05, 0.1) is 13.2 Å². The zero-order valence-corrected chi connectivity index (χ0v) is 20.0. The minimum absolute atomic E-state index is 0.155. The Hall–Kier alpha value is -3.05. The number of ether oxygens (including phenoxy) is 2. The highest BCUT2D eigenvalue weighted by atomic mass is 19.1. The molecule has 0 radical (unpaired) electrons. The van der Waals surface area contributed by atoms with Crippen molar-refractivity contribution in [2.75, 3.05) is 25.1 Å². The third-order valence-electron chi connectivity index (χ3n) is 7.21. The molecule has 0 amide bonds. The van der Waals surface area contributed by atoms with Gasteiger partial charge in [-0.05, 0) is 104 Å². The number of nitrogens with zero attached hydrogens (tertiary/aromatic N) is 1. The van der Waals surface area contributed by atoms with Gasteiger partial charge in [0.15, 0.2) is 0 Å². The first-order valence-corrected chi connectivity index (χ1v) is 12.3. The molecule has 0 aromatic heterocycles. The molecule has 0 spiro atoms. The van der Waals surface area contributed by atoms with Crippen LogP contribution in [0.1, 0.15) is 42.5 Å². The number of benzene rings is 3. The van der Waals surface area contributed by atoms with Crippen molar-refractivity contribution in [2.45, 2.75) is 50.8 Å². The third-order valence-corrected chi connectivity index (χ3v) is 7.21. The van der Waals surface area contributed by atoms with Gasteiger partial charge in [-0.25, -0.2) is 4.39 Å². The average molecular weight is 461 g/mol. The van der Waals surface area contributed by atoms with Gasteiger partial charge < -0.3 is 19.7 Å². The third kappa shape index (κ3) is 4.90. The summed E-state index contributed by atoms with van der Waals surface area (Å²) in [6, 6.07) is 22.3. The first-order chi connectivity index (χ1) is 16.6. The van der Waals surface area contributed by atoms with Crippen LogP contribution in [0.3, 0.4) is 0 Å². The lowest BCUT2D eigenvalue weighted by atomic mass is 9.88. The van der Waals surface area contributed by atoms with Crippen molar-refractivity contribution in [2.24, 2.45) is 0 Å². The van der Waals surface area contributed by atoms with E-state index in [-0.39, 0.29) is 18.0 Å². The minimum Gasteiger partial charge on any atom is -0.497 e. The quantitative estimate of drug-likeness (QED) is 0.490. The molecule has 1 fully saturated rings. The van der Waals surface area contributed by atoms with Crippen molar-refractivity contribution in [1.29, 1.82) is 0 Å². The summed E-state index contributed by atoms with van der Waals surface area (Å²) in [5.74, 6) is 1.59. The highest BCUT2D eigenvalue weighted by Crippen LogP contribution is 2.37. The number of hydrogen-bond donors (Lipinski definition) is 1. The number of fused-ring (bicyclic) bond motifs is 1. The largest absolute Gasteiger partial charge is 0.497 e. The van der Waals surface area contributed by atoms with Crippen LogP contribution < -0.4 is 19.7 Å². The molecule has 3 aromatic rings. The summed E-state index contributed by atoms with van der Waals surface area (Å²) in [4.78, 5) is 2.40. The Balaban J connectivity index is 1.38. The molecule has 5 rings (SSSR count). The molecular formula is C29H33FN2O2. The van der Waals surface area contributed by atoms with Crippen molar-refractivity contribution >= 4 is 5.69 Å². The Morgan fingerprint density at radius 3 is 2.50 bits per heavy atom. The van der Waals surface area contributed by atoms with E-state index in [1.807, 2.05) is 18.2 Å². The second-order valence-electron chi connectivity index (χ2n) is 9.37. The Labute approximate surface area is 201 Å². The van der Waals surface area contributed by atoms with Crippen molar-refractivity contribution < 1.29 is 13.9 Å². The molecule has 3 unspecified atom stereocenters. The molecule has 3 aromatic carbocycles. The maximum atomic E-state index is 13.6. The average Bonchev–Trinajstić information content (AvgIpc) is 3.41. The van der Waals surface area contributed by atoms with Crippen LogP contribution in [0, 0.1) is 5.82 Å². The van der Waals surface area contributed by atoms with Gasteiger partial charge in [0.25, 0.3) is 0 Å². The van der Waals surface area contributed by atoms with E-state index in [0.717, 1.165) is 43.1 Å². The molecule has 1 saturated heterocycles. The first-order valence-electron chi connectivity index (χ1n) is 12.3. The molecule has 3 atom stereocenters. The Bertz CT molecular complexity index is 1090. The van der Waals surface area contributed by atoms with Crippen molar-refractivity contribution in [3.8, 4) is 11.5 Å². The molecule has 1 N–H and O–H groups in total. The molecule has 2 heterocycles. The molecule has 5 heteroatoms. The summed E-state index contributed by atoms with van der Waals surface area (Å²) in [6.45, 7) is 4.10. The van der Waals surface area contributed by atoms with Gasteiger partial charge in [-0.3, -0.25) is 0 Å². The van der Waals surface area contributed by atoms with E-state index < -0.39 is 0 Å². The fourth-order valence-corrected chi connectivity index (χ4v) is 5.31. The summed E-state index contributed by atoms with van der Waals surface area (Å²) in [5.41, 5.74) is 4.92. The lowest BCUT2D eigenvalue weighted by molar-refractivity contribution is 0.180. The lowest BCUT2D eigenvalue weighted by Crippen LogP contribution is -2.37. The zero-order chi connectivity index (χ0) is 23.5. The maximum Gasteiger partial charge on any atom is 0.123 e. The maximum absolute atomic E-state index is 13.6. The second-order valence-corrected chi connectivity index (χ2v) is 9.37. The number of nitrogens with one attached hydrogen (secondary N) is 1. The van der Waals surface area contributed by atoms with Crippen LogP contribution in [0.4, 0.5) is 10.1 Å². The van der Waals surface area contributed by atoms with Crippen molar-refractivity contribution in [3.05, 3.63) is 89.2 Å². The van der Waals surface area contributed by atoms with Gasteiger partial charge >= 0.3 is 0 Å². The van der Waals surface area contributed by atoms with Gasteiger partial charge in [0, 0.05) is 18.3 Å². The smallest absolute Gasteiger partial charge is 0.123 e. The number of anilines is 1. The molecule has 2 aliphatic rings. The molecule has 34 heavy (non-hydrogen) atoms. The molecular weight excluding hydrogens is 427 g/mol. The van der Waals surface area contributed by atoms with Crippen molar-refractivity contribution in [1.82, 2.24) is 5.32 Å². The van der Waals surface area contributed by atoms with Gasteiger partial charge in [-0.2, -0.15) is 0 Å². The highest BCUT2D eigenvalue weighted by molar-refractivity contribution is 5.54. The number of methoxy groups -OCH3 is 1. The standard InChI is InChI=1S/C29H33FN2O2/c1-20(28-4-3-16-31-28)34-25-11-5-21(6-12-25)18-29-27-14-13-26(33-2)19-22(27)15-17-32(29)24-9-7-23(30)8-10-24/h5-14,19-20,28-29,31H,3-4,15-18H2,1-2H3. The summed E-state index contributed by atoms with van der Waals surface area (Å²) < 4.78 is 25.3. The van der Waals surface area contributed by atoms with Gasteiger partial charge in [-0.1, -0.05) is 18.2 Å². The molecule has 0 aliphatic carbocycles. The predicted octanol–water partition coefficient (Wildman–Crippen LogP) is 5.70. The zero-order valence-electron chi connectivity index (χ0n) is 20.0. The lowest BCUT2D eigenvalue weighted by Gasteiger charge is -2.39. The monoisotopic (exact) mass is 460 g/mol. The van der Waals surface area contributed by atoms with Crippen LogP contribution >= 0.6 is 0 Å². The SMILES string of the molecule is COc1ccc2c(c1)CCN(c1ccc(F)cc1)C2Cc1ccc(OC(C)C2CCCN2)cc1. The van der Waals surface area contributed by atoms with E-state index in [1.54, 1.807) is 19.2 Å². The Morgan fingerprint density at radius 1 is 1.03 bits per heavy atom. The van der Waals surface area contributed by atoms with Gasteiger partial charge in [0.1, 0.15) is 23.4 Å². The van der Waals surface area contributed by atoms with E-state index in [1.165, 1.54) is 29.5 Å². The summed E-state index contributed by atoms with van der Waals surface area (Å²) in [6.07, 6.45) is 4.33. The van der Waals surface area contributed by atoms with Crippen LogP contribution in [0.25, 0.3) is 0 Å². The molecule has 0 saturated carbocycles. The summed E-state index contributed by atoms with van der Waals surface area (Å²) in [5, 5.41) is 3.52. The molecule has 0 bridgehead atoms. The Morgan fingerprint density at radius 2 is 1.79 bits per heavy atom. The van der Waals surface area contributed by atoms with E-state index in [0.29, 0.717) is 6.04 Å². The van der Waals surface area contributed by atoms with Crippen LogP contribution in [0.15, 0.2) is 66.7 Å². The highest BCUT2D eigenvalue weighted by Gasteiger charge is 2.28. The number of hydrogen-bond acceptors (Lipinski definition) is 4. The topological polar surface area (TPSA) is 33.7 Å². The van der Waals surface area contributed by atoms with Crippen LogP contribution in [-0.4, -0.2) is 32.3 Å². The molecule has 4 nitrogen and oxygen atoms in total. The van der Waals surface area contributed by atoms with Crippen LogP contribution in [-0.2, 0) is 12.8 Å². The summed E-state index contributed by atoms with van der Waals surface area (Å²) in [7, 11) is 1.71. The first kappa shape index (κ1) is 22.7.